The van der Waals surface area contributed by atoms with Gasteiger partial charge in [0.1, 0.15) is 0 Å². The SMILES string of the molecule is Cc1cc(C#N)ccc1NCCN(C)C1CCCC1. The molecule has 0 atom stereocenters. The summed E-state index contributed by atoms with van der Waals surface area (Å²) >= 11 is 0. The van der Waals surface area contributed by atoms with Crippen molar-refractivity contribution < 1.29 is 0 Å². The highest BCUT2D eigenvalue weighted by molar-refractivity contribution is 5.54. The summed E-state index contributed by atoms with van der Waals surface area (Å²) < 4.78 is 0. The van der Waals surface area contributed by atoms with Gasteiger partial charge in [0, 0.05) is 24.8 Å². The predicted octanol–water partition coefficient (Wildman–Crippen LogP) is 3.15. The first-order valence-corrected chi connectivity index (χ1v) is 7.15. The minimum atomic E-state index is 0.728. The van der Waals surface area contributed by atoms with Gasteiger partial charge < -0.3 is 10.2 Å². The van der Waals surface area contributed by atoms with E-state index >= 15 is 0 Å². The third kappa shape index (κ3) is 3.71. The van der Waals surface area contributed by atoms with Crippen LogP contribution in [0.5, 0.6) is 0 Å². The van der Waals surface area contributed by atoms with Crippen LogP contribution in [-0.2, 0) is 0 Å². The number of benzene rings is 1. The van der Waals surface area contributed by atoms with Crippen molar-refractivity contribution >= 4 is 5.69 Å². The summed E-state index contributed by atoms with van der Waals surface area (Å²) in [7, 11) is 2.23. The van der Waals surface area contributed by atoms with E-state index in [9.17, 15) is 0 Å². The number of rotatable bonds is 5. The Balaban J connectivity index is 1.80. The average molecular weight is 257 g/mol. The van der Waals surface area contributed by atoms with Crippen LogP contribution in [0.25, 0.3) is 0 Å². The zero-order chi connectivity index (χ0) is 13.7. The number of likely N-dealkylation sites (N-methyl/N-ethyl adjacent to an activating group) is 1. The van der Waals surface area contributed by atoms with E-state index in [1.165, 1.54) is 25.7 Å². The molecular formula is C16H23N3. The van der Waals surface area contributed by atoms with Crippen LogP contribution in [0, 0.1) is 18.3 Å². The molecule has 1 aromatic rings. The zero-order valence-electron chi connectivity index (χ0n) is 11.9. The third-order valence-corrected chi connectivity index (χ3v) is 4.08. The zero-order valence-corrected chi connectivity index (χ0v) is 11.9. The van der Waals surface area contributed by atoms with Gasteiger partial charge in [-0.05, 0) is 50.6 Å². The number of nitriles is 1. The van der Waals surface area contributed by atoms with Crippen molar-refractivity contribution in [3.63, 3.8) is 0 Å². The van der Waals surface area contributed by atoms with Crippen LogP contribution in [0.2, 0.25) is 0 Å². The van der Waals surface area contributed by atoms with E-state index in [1.54, 1.807) is 0 Å². The minimum absolute atomic E-state index is 0.728. The van der Waals surface area contributed by atoms with E-state index < -0.39 is 0 Å². The first-order chi connectivity index (χ1) is 9.20. The van der Waals surface area contributed by atoms with E-state index in [4.69, 9.17) is 5.26 Å². The fraction of sp³-hybridized carbons (Fsp3) is 0.562. The Kier molecular flexibility index (Phi) is 4.81. The standard InChI is InChI=1S/C16H23N3/c1-13-11-14(12-17)7-8-16(13)18-9-10-19(2)15-5-3-4-6-15/h7-8,11,15,18H,3-6,9-10H2,1-2H3. The van der Waals surface area contributed by atoms with E-state index in [1.807, 2.05) is 25.1 Å². The quantitative estimate of drug-likeness (QED) is 0.880. The molecule has 0 radical (unpaired) electrons. The van der Waals surface area contributed by atoms with Gasteiger partial charge in [0.2, 0.25) is 0 Å². The number of aryl methyl sites for hydroxylation is 1. The van der Waals surface area contributed by atoms with Gasteiger partial charge in [0.25, 0.3) is 0 Å². The molecule has 102 valence electrons. The summed E-state index contributed by atoms with van der Waals surface area (Å²) in [6.07, 6.45) is 5.48. The molecule has 0 spiro atoms. The largest absolute Gasteiger partial charge is 0.384 e. The molecular weight excluding hydrogens is 234 g/mol. The van der Waals surface area contributed by atoms with Gasteiger partial charge in [-0.2, -0.15) is 5.26 Å². The van der Waals surface area contributed by atoms with Crippen molar-refractivity contribution in [1.29, 1.82) is 5.26 Å². The highest BCUT2D eigenvalue weighted by Gasteiger charge is 2.18. The van der Waals surface area contributed by atoms with Gasteiger partial charge >= 0.3 is 0 Å². The van der Waals surface area contributed by atoms with Crippen LogP contribution >= 0.6 is 0 Å². The molecule has 1 aliphatic rings. The lowest BCUT2D eigenvalue weighted by Crippen LogP contribution is -2.33. The van der Waals surface area contributed by atoms with Gasteiger partial charge in [0.05, 0.1) is 11.6 Å². The number of nitrogens with zero attached hydrogens (tertiary/aromatic N) is 2. The molecule has 0 unspecified atom stereocenters. The molecule has 0 amide bonds. The lowest BCUT2D eigenvalue weighted by molar-refractivity contribution is 0.254. The van der Waals surface area contributed by atoms with Gasteiger partial charge in [0.15, 0.2) is 0 Å². The molecule has 1 aliphatic carbocycles. The molecule has 0 aliphatic heterocycles. The molecule has 0 bridgehead atoms. The topological polar surface area (TPSA) is 39.1 Å². The maximum Gasteiger partial charge on any atom is 0.0991 e. The molecule has 0 aromatic heterocycles. The molecule has 19 heavy (non-hydrogen) atoms. The molecule has 3 heteroatoms. The number of nitrogens with one attached hydrogen (secondary N) is 1. The van der Waals surface area contributed by atoms with E-state index in [2.05, 4.69) is 23.3 Å². The molecule has 0 heterocycles. The van der Waals surface area contributed by atoms with Crippen molar-refractivity contribution in [1.82, 2.24) is 4.90 Å². The Hall–Kier alpha value is -1.53. The highest BCUT2D eigenvalue weighted by Crippen LogP contribution is 2.22. The van der Waals surface area contributed by atoms with Gasteiger partial charge in [-0.25, -0.2) is 0 Å². The van der Waals surface area contributed by atoms with Crippen molar-refractivity contribution in [2.45, 2.75) is 38.6 Å². The minimum Gasteiger partial charge on any atom is -0.384 e. The summed E-state index contributed by atoms with van der Waals surface area (Å²) in [4.78, 5) is 2.47. The van der Waals surface area contributed by atoms with Gasteiger partial charge in [-0.1, -0.05) is 12.8 Å². The Labute approximate surface area is 116 Å². The number of hydrogen-bond donors (Lipinski definition) is 1. The summed E-state index contributed by atoms with van der Waals surface area (Å²) in [6.45, 7) is 4.08. The molecule has 0 saturated heterocycles. The molecule has 3 nitrogen and oxygen atoms in total. The fourth-order valence-corrected chi connectivity index (χ4v) is 2.83. The third-order valence-electron chi connectivity index (χ3n) is 4.08. The second-order valence-electron chi connectivity index (χ2n) is 5.49. The molecule has 1 aromatic carbocycles. The van der Waals surface area contributed by atoms with Gasteiger partial charge in [-0.15, -0.1) is 0 Å². The lowest BCUT2D eigenvalue weighted by Gasteiger charge is -2.24. The maximum atomic E-state index is 8.85. The van der Waals surface area contributed by atoms with Crippen molar-refractivity contribution in [3.8, 4) is 6.07 Å². The van der Waals surface area contributed by atoms with E-state index in [0.717, 1.165) is 35.9 Å². The smallest absolute Gasteiger partial charge is 0.0991 e. The Bertz CT molecular complexity index is 456. The second kappa shape index (κ2) is 6.58. The van der Waals surface area contributed by atoms with Crippen molar-refractivity contribution in [2.75, 3.05) is 25.5 Å². The van der Waals surface area contributed by atoms with Crippen LogP contribution in [-0.4, -0.2) is 31.1 Å². The van der Waals surface area contributed by atoms with Crippen molar-refractivity contribution in [2.24, 2.45) is 0 Å². The Morgan fingerprint density at radius 1 is 1.37 bits per heavy atom. The van der Waals surface area contributed by atoms with Crippen LogP contribution in [0.3, 0.4) is 0 Å². The predicted molar refractivity (Wildman–Crippen MR) is 79.3 cm³/mol. The Morgan fingerprint density at radius 3 is 2.74 bits per heavy atom. The second-order valence-corrected chi connectivity index (χ2v) is 5.49. The summed E-state index contributed by atoms with van der Waals surface area (Å²) in [5.41, 5.74) is 3.01. The van der Waals surface area contributed by atoms with Gasteiger partial charge in [-0.3, -0.25) is 0 Å². The highest BCUT2D eigenvalue weighted by atomic mass is 15.1. The lowest BCUT2D eigenvalue weighted by atomic mass is 10.1. The number of hydrogen-bond acceptors (Lipinski definition) is 3. The molecule has 1 fully saturated rings. The maximum absolute atomic E-state index is 8.85. The summed E-state index contributed by atoms with van der Waals surface area (Å²) in [5, 5.41) is 12.3. The summed E-state index contributed by atoms with van der Waals surface area (Å²) in [6, 6.07) is 8.76. The number of anilines is 1. The monoisotopic (exact) mass is 257 g/mol. The summed E-state index contributed by atoms with van der Waals surface area (Å²) in [5.74, 6) is 0. The van der Waals surface area contributed by atoms with E-state index in [-0.39, 0.29) is 0 Å². The first-order valence-electron chi connectivity index (χ1n) is 7.15. The van der Waals surface area contributed by atoms with Crippen LogP contribution < -0.4 is 5.32 Å². The molecule has 2 rings (SSSR count). The normalized spacial score (nSPS) is 15.7. The van der Waals surface area contributed by atoms with Crippen LogP contribution in [0.4, 0.5) is 5.69 Å². The average Bonchev–Trinajstić information content (AvgIpc) is 2.94. The fourth-order valence-electron chi connectivity index (χ4n) is 2.83. The molecule has 1 saturated carbocycles. The first kappa shape index (κ1) is 13.9. The Morgan fingerprint density at radius 2 is 2.11 bits per heavy atom. The van der Waals surface area contributed by atoms with Crippen molar-refractivity contribution in [3.05, 3.63) is 29.3 Å². The molecule has 1 N–H and O–H groups in total. The van der Waals surface area contributed by atoms with Crippen LogP contribution in [0.1, 0.15) is 36.8 Å². The van der Waals surface area contributed by atoms with Crippen LogP contribution in [0.15, 0.2) is 18.2 Å². The van der Waals surface area contributed by atoms with E-state index in [0.29, 0.717) is 0 Å².